The van der Waals surface area contributed by atoms with Crippen molar-refractivity contribution in [2.75, 3.05) is 5.75 Å². The summed E-state index contributed by atoms with van der Waals surface area (Å²) in [6.45, 7) is 1.75. The van der Waals surface area contributed by atoms with Gasteiger partial charge in [-0.15, -0.1) is 0 Å². The lowest BCUT2D eigenvalue weighted by Gasteiger charge is -2.13. The molecule has 0 bridgehead atoms. The largest absolute Gasteiger partial charge is 0.272 e. The second-order valence-electron chi connectivity index (χ2n) is 7.18. The smallest absolute Gasteiger partial charge is 0.266 e. The van der Waals surface area contributed by atoms with E-state index < -0.39 is 0 Å². The monoisotopic (exact) mass is 574 g/mol. The predicted molar refractivity (Wildman–Crippen MR) is 143 cm³/mol. The van der Waals surface area contributed by atoms with Crippen LogP contribution in [0, 0.1) is 0 Å². The molecule has 0 aliphatic heterocycles. The lowest BCUT2D eigenvalue weighted by molar-refractivity contribution is -0.118. The number of carbonyl (C=O) groups is 1. The standard InChI is InChI=1S/C24H17BrCl2N4O2S/c1-14(15-6-11-19(26)20(27)12-15)29-30-22(32)13-34-24-28-21-5-3-2-4-18(21)23(33)31(24)17-9-7-16(25)8-10-17/h2-12H,13H2,1H3,(H,30,32)/b29-14+. The first kappa shape index (κ1) is 24.5. The Morgan fingerprint density at radius 1 is 1.09 bits per heavy atom. The molecule has 0 radical (unpaired) electrons. The van der Waals surface area contributed by atoms with Crippen LogP contribution in [0.1, 0.15) is 12.5 Å². The number of thioether (sulfide) groups is 1. The van der Waals surface area contributed by atoms with Gasteiger partial charge in [-0.05, 0) is 61.0 Å². The van der Waals surface area contributed by atoms with Crippen molar-refractivity contribution in [3.63, 3.8) is 0 Å². The molecular formula is C24H17BrCl2N4O2S. The van der Waals surface area contributed by atoms with Gasteiger partial charge in [-0.2, -0.15) is 5.10 Å². The maximum Gasteiger partial charge on any atom is 0.266 e. The lowest BCUT2D eigenvalue weighted by atomic mass is 10.1. The van der Waals surface area contributed by atoms with Gasteiger partial charge >= 0.3 is 0 Å². The Kier molecular flexibility index (Phi) is 7.73. The number of hydrogen-bond acceptors (Lipinski definition) is 5. The van der Waals surface area contributed by atoms with E-state index in [9.17, 15) is 9.59 Å². The van der Waals surface area contributed by atoms with Crippen LogP contribution in [0.25, 0.3) is 16.6 Å². The predicted octanol–water partition coefficient (Wildman–Crippen LogP) is 6.09. The quantitative estimate of drug-likeness (QED) is 0.131. The molecule has 0 fully saturated rings. The number of hydrazone groups is 1. The van der Waals surface area contributed by atoms with Gasteiger partial charge in [0.1, 0.15) is 0 Å². The fourth-order valence-electron chi connectivity index (χ4n) is 3.12. The molecule has 1 heterocycles. The van der Waals surface area contributed by atoms with E-state index in [0.29, 0.717) is 37.5 Å². The van der Waals surface area contributed by atoms with Gasteiger partial charge in [0.2, 0.25) is 0 Å². The summed E-state index contributed by atoms with van der Waals surface area (Å²) in [5, 5.41) is 5.90. The van der Waals surface area contributed by atoms with Gasteiger partial charge in [-0.25, -0.2) is 10.4 Å². The van der Waals surface area contributed by atoms with E-state index in [4.69, 9.17) is 23.2 Å². The van der Waals surface area contributed by atoms with Gasteiger partial charge < -0.3 is 0 Å². The Morgan fingerprint density at radius 3 is 2.56 bits per heavy atom. The molecule has 10 heteroatoms. The number of nitrogens with one attached hydrogen (secondary N) is 1. The Bertz CT molecular complexity index is 1470. The van der Waals surface area contributed by atoms with E-state index in [1.54, 1.807) is 43.3 Å². The van der Waals surface area contributed by atoms with Crippen LogP contribution in [0.15, 0.2) is 86.3 Å². The van der Waals surface area contributed by atoms with Crippen LogP contribution in [0.3, 0.4) is 0 Å². The van der Waals surface area contributed by atoms with Crippen molar-refractivity contribution in [3.8, 4) is 5.69 Å². The van der Waals surface area contributed by atoms with Crippen molar-refractivity contribution >= 4 is 73.4 Å². The fraction of sp³-hybridized carbons (Fsp3) is 0.0833. The minimum atomic E-state index is -0.339. The normalized spacial score (nSPS) is 11.6. The van der Waals surface area contributed by atoms with Gasteiger partial charge in [0.15, 0.2) is 5.16 Å². The summed E-state index contributed by atoms with van der Waals surface area (Å²) in [6.07, 6.45) is 0. The van der Waals surface area contributed by atoms with Gasteiger partial charge in [0.25, 0.3) is 11.5 Å². The summed E-state index contributed by atoms with van der Waals surface area (Å²) >= 11 is 16.6. The molecule has 4 rings (SSSR count). The third-order valence-corrected chi connectivity index (χ3v) is 7.05. The van der Waals surface area contributed by atoms with E-state index in [1.165, 1.54) is 4.57 Å². The first-order valence-corrected chi connectivity index (χ1v) is 12.6. The minimum absolute atomic E-state index is 0.0134. The highest BCUT2D eigenvalue weighted by atomic mass is 79.9. The number of rotatable bonds is 6. The Hall–Kier alpha value is -2.65. The molecule has 0 spiro atoms. The van der Waals surface area contributed by atoms with Crippen molar-refractivity contribution in [2.24, 2.45) is 5.10 Å². The molecule has 1 amide bonds. The third kappa shape index (κ3) is 5.52. The highest BCUT2D eigenvalue weighted by molar-refractivity contribution is 9.10. The van der Waals surface area contributed by atoms with Crippen molar-refractivity contribution < 1.29 is 4.79 Å². The van der Waals surface area contributed by atoms with E-state index >= 15 is 0 Å². The van der Waals surface area contributed by atoms with E-state index in [2.05, 4.69) is 31.4 Å². The van der Waals surface area contributed by atoms with E-state index in [-0.39, 0.29) is 17.2 Å². The summed E-state index contributed by atoms with van der Waals surface area (Å²) in [4.78, 5) is 30.4. The van der Waals surface area contributed by atoms with Crippen LogP contribution in [0.5, 0.6) is 0 Å². The molecule has 1 aromatic heterocycles. The van der Waals surface area contributed by atoms with Crippen LogP contribution in [0.2, 0.25) is 10.0 Å². The number of amides is 1. The van der Waals surface area contributed by atoms with Crippen LogP contribution in [-0.2, 0) is 4.79 Å². The van der Waals surface area contributed by atoms with Crippen LogP contribution >= 0.6 is 50.9 Å². The zero-order valence-electron chi connectivity index (χ0n) is 17.8. The number of benzene rings is 3. The molecule has 0 saturated carbocycles. The second kappa shape index (κ2) is 10.7. The molecule has 1 N–H and O–H groups in total. The first-order chi connectivity index (χ1) is 16.3. The van der Waals surface area contributed by atoms with E-state index in [1.807, 2.05) is 30.3 Å². The molecule has 4 aromatic rings. The second-order valence-corrected chi connectivity index (χ2v) is 9.85. The summed E-state index contributed by atoms with van der Waals surface area (Å²) < 4.78 is 2.40. The average Bonchev–Trinajstić information content (AvgIpc) is 2.84. The molecule has 0 aliphatic carbocycles. The number of fused-ring (bicyclic) bond motifs is 1. The van der Waals surface area contributed by atoms with Crippen molar-refractivity contribution in [2.45, 2.75) is 12.1 Å². The highest BCUT2D eigenvalue weighted by Crippen LogP contribution is 2.24. The molecule has 3 aromatic carbocycles. The zero-order valence-corrected chi connectivity index (χ0v) is 21.7. The van der Waals surface area contributed by atoms with Crippen molar-refractivity contribution in [1.82, 2.24) is 15.0 Å². The molecule has 0 saturated heterocycles. The average molecular weight is 576 g/mol. The lowest BCUT2D eigenvalue weighted by Crippen LogP contribution is -2.24. The number of nitrogens with zero attached hydrogens (tertiary/aromatic N) is 3. The first-order valence-electron chi connectivity index (χ1n) is 10.0. The summed E-state index contributed by atoms with van der Waals surface area (Å²) in [5.41, 5.74) is 4.87. The summed E-state index contributed by atoms with van der Waals surface area (Å²) in [6, 6.07) is 19.6. The van der Waals surface area contributed by atoms with Crippen molar-refractivity contribution in [3.05, 3.63) is 97.2 Å². The van der Waals surface area contributed by atoms with Crippen LogP contribution in [-0.4, -0.2) is 26.9 Å². The maximum absolute atomic E-state index is 13.3. The number of carbonyl (C=O) groups excluding carboxylic acids is 1. The Balaban J connectivity index is 1.57. The molecule has 172 valence electrons. The van der Waals surface area contributed by atoms with Gasteiger partial charge in [-0.3, -0.25) is 14.2 Å². The number of para-hydroxylation sites is 1. The molecule has 6 nitrogen and oxygen atoms in total. The van der Waals surface area contributed by atoms with Gasteiger partial charge in [0, 0.05) is 4.47 Å². The highest BCUT2D eigenvalue weighted by Gasteiger charge is 2.15. The zero-order chi connectivity index (χ0) is 24.2. The summed E-state index contributed by atoms with van der Waals surface area (Å²) in [5.74, 6) is -0.325. The molecule has 0 unspecified atom stereocenters. The Labute approximate surface area is 218 Å². The molecule has 0 aliphatic rings. The van der Waals surface area contributed by atoms with E-state index in [0.717, 1.165) is 21.8 Å². The Morgan fingerprint density at radius 2 is 1.82 bits per heavy atom. The number of halogens is 3. The summed E-state index contributed by atoms with van der Waals surface area (Å²) in [7, 11) is 0. The molecule has 0 atom stereocenters. The topological polar surface area (TPSA) is 76.3 Å². The molecule has 34 heavy (non-hydrogen) atoms. The maximum atomic E-state index is 13.3. The van der Waals surface area contributed by atoms with Gasteiger partial charge in [0.05, 0.1) is 38.1 Å². The number of hydrogen-bond donors (Lipinski definition) is 1. The fourth-order valence-corrected chi connectivity index (χ4v) is 4.49. The molecular weight excluding hydrogens is 559 g/mol. The van der Waals surface area contributed by atoms with Gasteiger partial charge in [-0.1, -0.05) is 69.1 Å². The van der Waals surface area contributed by atoms with Crippen molar-refractivity contribution in [1.29, 1.82) is 0 Å². The minimum Gasteiger partial charge on any atom is -0.272 e. The van der Waals surface area contributed by atoms with Crippen LogP contribution in [0.4, 0.5) is 0 Å². The SMILES string of the molecule is C/C(=N\NC(=O)CSc1nc2ccccc2c(=O)n1-c1ccc(Br)cc1)c1ccc(Cl)c(Cl)c1. The van der Waals surface area contributed by atoms with Crippen LogP contribution < -0.4 is 11.0 Å². The number of aromatic nitrogens is 2. The third-order valence-electron chi connectivity index (χ3n) is 4.85.